The lowest BCUT2D eigenvalue weighted by molar-refractivity contribution is 0.00578. The summed E-state index contributed by atoms with van der Waals surface area (Å²) in [6, 6.07) is 27.3. The Hall–Kier alpha value is -5.57. The second-order valence-corrected chi connectivity index (χ2v) is 19.1. The number of thiazole rings is 2. The third-order valence-corrected chi connectivity index (χ3v) is 13.4. The molecule has 0 spiro atoms. The maximum atomic E-state index is 15.5. The molecule has 1 saturated heterocycles. The van der Waals surface area contributed by atoms with Crippen molar-refractivity contribution in [1.29, 1.82) is 0 Å². The minimum absolute atomic E-state index is 0.238. The summed E-state index contributed by atoms with van der Waals surface area (Å²) in [7, 11) is 0.604. The maximum absolute atomic E-state index is 15.5. The Balaban J connectivity index is 0.000000170. The van der Waals surface area contributed by atoms with E-state index < -0.39 is 19.2 Å². The van der Waals surface area contributed by atoms with Gasteiger partial charge < -0.3 is 31.2 Å². The van der Waals surface area contributed by atoms with E-state index >= 15 is 4.39 Å². The first-order valence-electron chi connectivity index (χ1n) is 20.6. The largest absolute Gasteiger partial charge is 0.494 e. The van der Waals surface area contributed by atoms with Gasteiger partial charge >= 0.3 is 19.2 Å². The third kappa shape index (κ3) is 12.4. The van der Waals surface area contributed by atoms with Crippen molar-refractivity contribution in [2.75, 3.05) is 17.7 Å². The molecule has 0 atom stereocenters. The monoisotopic (exact) mass is 1060 g/mol. The van der Waals surface area contributed by atoms with Gasteiger partial charge in [0.2, 0.25) is 0 Å². The summed E-state index contributed by atoms with van der Waals surface area (Å²) >= 11 is 18.4. The van der Waals surface area contributed by atoms with Crippen molar-refractivity contribution in [2.24, 2.45) is 11.5 Å². The van der Waals surface area contributed by atoms with Crippen molar-refractivity contribution >= 4 is 118 Å². The molecule has 12 nitrogen and oxygen atoms in total. The SMILES string of the molecule is CC1(C)OB(c2ccc(NC(N)=O)cc2)OC1(C)C.CO.Fc1c(CBr)cc2scnc2c1-c1cccc(Cl)c1.NC(=O)Nc1ccc(Cc2cc3scnc3c(-c3cccc(Cl)c3)c2F)cn1. The van der Waals surface area contributed by atoms with Crippen molar-refractivity contribution in [3.8, 4) is 22.3 Å². The molecule has 4 heterocycles. The number of carbonyl (C=O) groups is 2. The van der Waals surface area contributed by atoms with Gasteiger partial charge in [0.05, 0.1) is 42.7 Å². The predicted octanol–water partition coefficient (Wildman–Crippen LogP) is 12.0. The molecule has 1 fully saturated rings. The molecule has 20 heteroatoms. The van der Waals surface area contributed by atoms with Crippen LogP contribution < -0.4 is 27.6 Å². The Morgan fingerprint density at radius 1 is 0.721 bits per heavy atom. The zero-order valence-corrected chi connectivity index (χ0v) is 42.0. The molecule has 0 saturated carbocycles. The topological polar surface area (TPSA) is 188 Å². The number of alkyl halides is 1. The molecule has 9 rings (SSSR count). The summed E-state index contributed by atoms with van der Waals surface area (Å²) in [5, 5.41) is 13.5. The molecule has 4 amide bonds. The van der Waals surface area contributed by atoms with Crippen LogP contribution in [-0.2, 0) is 21.1 Å². The number of amides is 4. The van der Waals surface area contributed by atoms with Gasteiger partial charge in [-0.3, -0.25) is 5.32 Å². The molecule has 3 aromatic heterocycles. The molecule has 8 aromatic rings. The van der Waals surface area contributed by atoms with Gasteiger partial charge in [-0.25, -0.2) is 33.3 Å². The van der Waals surface area contributed by atoms with Crippen LogP contribution in [0.3, 0.4) is 0 Å². The minimum Gasteiger partial charge on any atom is -0.400 e. The predicted molar refractivity (Wildman–Crippen MR) is 276 cm³/mol. The number of nitrogens with zero attached hydrogens (tertiary/aromatic N) is 3. The highest BCUT2D eigenvalue weighted by molar-refractivity contribution is 9.08. The fraction of sp³-hybridized carbons (Fsp3) is 0.188. The van der Waals surface area contributed by atoms with Crippen LogP contribution >= 0.6 is 61.8 Å². The van der Waals surface area contributed by atoms with E-state index in [1.807, 2.05) is 70.2 Å². The average Bonchev–Trinajstić information content (AvgIpc) is 4.02. The summed E-state index contributed by atoms with van der Waals surface area (Å²) in [5.41, 5.74) is 20.1. The normalized spacial score (nSPS) is 13.4. The van der Waals surface area contributed by atoms with Crippen LogP contribution in [-0.4, -0.2) is 57.6 Å². The van der Waals surface area contributed by atoms with Gasteiger partial charge in [0.1, 0.15) is 17.5 Å². The molecule has 352 valence electrons. The molecule has 0 radical (unpaired) electrons. The standard InChI is InChI=1S/C20H14ClFN4OS.C14H8BrClFNS.C13H19BN2O3.CH4O/c21-14-3-1-2-12(7-14)17-18(22)13(8-15-19(17)25-10-28-15)6-11-4-5-16(24-9-11)26-20(23)27;15-6-9-5-11-14(18-7-19-11)12(13(9)17)8-2-1-3-10(16)4-8;1-12(2)13(3,4)19-14(18-12)9-5-7-10(8-6-9)16-11(15)17;1-2/h1-5,7-10H,6H2,(H3,23,24,26,27);1-5,7H,6H2;5-8H,1-4H3,(H3,15,16,17);2H,1H3. The van der Waals surface area contributed by atoms with Crippen molar-refractivity contribution in [1.82, 2.24) is 15.0 Å². The first-order chi connectivity index (χ1) is 32.4. The second-order valence-electron chi connectivity index (χ2n) is 15.9. The molecule has 1 aliphatic heterocycles. The lowest BCUT2D eigenvalue weighted by Crippen LogP contribution is -2.41. The van der Waals surface area contributed by atoms with E-state index in [2.05, 4.69) is 41.5 Å². The minimum atomic E-state index is -0.687. The van der Waals surface area contributed by atoms with Gasteiger partial charge in [-0.1, -0.05) is 81.6 Å². The summed E-state index contributed by atoms with van der Waals surface area (Å²) in [4.78, 5) is 34.4. The summed E-state index contributed by atoms with van der Waals surface area (Å²) in [6.45, 7) is 8.04. The highest BCUT2D eigenvalue weighted by Crippen LogP contribution is 2.39. The smallest absolute Gasteiger partial charge is 0.400 e. The van der Waals surface area contributed by atoms with E-state index in [-0.39, 0.29) is 22.8 Å². The van der Waals surface area contributed by atoms with Gasteiger partial charge in [-0.05, 0) is 110 Å². The number of aromatic nitrogens is 3. The van der Waals surface area contributed by atoms with E-state index in [0.717, 1.165) is 33.1 Å². The highest BCUT2D eigenvalue weighted by Gasteiger charge is 2.51. The van der Waals surface area contributed by atoms with Crippen LogP contribution in [0.1, 0.15) is 44.4 Å². The number of hydrogen-bond donors (Lipinski definition) is 5. The van der Waals surface area contributed by atoms with Gasteiger partial charge in [0.25, 0.3) is 0 Å². The molecule has 7 N–H and O–H groups in total. The molecule has 1 aliphatic rings. The van der Waals surface area contributed by atoms with Crippen LogP contribution in [0.15, 0.2) is 114 Å². The molecule has 0 aliphatic carbocycles. The number of primary amides is 2. The summed E-state index contributed by atoms with van der Waals surface area (Å²) in [6.07, 6.45) is 1.93. The number of pyridine rings is 1. The van der Waals surface area contributed by atoms with Gasteiger partial charge in [-0.2, -0.15) is 0 Å². The van der Waals surface area contributed by atoms with Gasteiger partial charge in [0.15, 0.2) is 0 Å². The molecular weight excluding hydrogens is 1020 g/mol. The first-order valence-corrected chi connectivity index (χ1v) is 24.2. The first kappa shape index (κ1) is 51.8. The van der Waals surface area contributed by atoms with E-state index in [0.29, 0.717) is 72.2 Å². The van der Waals surface area contributed by atoms with Crippen LogP contribution in [0.4, 0.5) is 29.9 Å². The maximum Gasteiger partial charge on any atom is 0.494 e. The Bertz CT molecular complexity index is 3040. The molecule has 0 unspecified atom stereocenters. The number of fused-ring (bicyclic) bond motifs is 2. The number of hydrogen-bond acceptors (Lipinski definition) is 10. The van der Waals surface area contributed by atoms with Crippen LogP contribution in [0, 0.1) is 11.6 Å². The number of halogens is 5. The van der Waals surface area contributed by atoms with Crippen molar-refractivity contribution in [3.05, 3.63) is 153 Å². The lowest BCUT2D eigenvalue weighted by atomic mass is 9.79. The quantitative estimate of drug-likeness (QED) is 0.0734. The van der Waals surface area contributed by atoms with Crippen molar-refractivity contribution in [3.63, 3.8) is 0 Å². The number of nitrogens with two attached hydrogens (primary N) is 2. The molecule has 68 heavy (non-hydrogen) atoms. The van der Waals surface area contributed by atoms with Crippen LogP contribution in [0.5, 0.6) is 0 Å². The Kier molecular flexibility index (Phi) is 17.3. The number of aliphatic hydroxyl groups is 1. The lowest BCUT2D eigenvalue weighted by Gasteiger charge is -2.32. The Morgan fingerprint density at radius 3 is 1.68 bits per heavy atom. The zero-order valence-electron chi connectivity index (χ0n) is 37.2. The number of aliphatic hydroxyl groups excluding tert-OH is 1. The second kappa shape index (κ2) is 22.7. The zero-order chi connectivity index (χ0) is 49.3. The van der Waals surface area contributed by atoms with Crippen molar-refractivity contribution < 1.29 is 32.8 Å². The van der Waals surface area contributed by atoms with E-state index in [1.165, 1.54) is 22.7 Å². The number of carbonyl (C=O) groups excluding carboxylic acids is 2. The van der Waals surface area contributed by atoms with Crippen LogP contribution in [0.2, 0.25) is 10.0 Å². The third-order valence-electron chi connectivity index (χ3n) is 10.8. The fourth-order valence-electron chi connectivity index (χ4n) is 6.90. The highest BCUT2D eigenvalue weighted by atomic mass is 79.9. The van der Waals surface area contributed by atoms with E-state index in [4.69, 9.17) is 49.1 Å². The van der Waals surface area contributed by atoms with E-state index in [1.54, 1.807) is 71.8 Å². The summed E-state index contributed by atoms with van der Waals surface area (Å²) < 4.78 is 43.8. The number of benzene rings is 5. The average molecular weight is 1060 g/mol. The Labute approximate surface area is 418 Å². The van der Waals surface area contributed by atoms with Crippen LogP contribution in [0.25, 0.3) is 42.7 Å². The van der Waals surface area contributed by atoms with E-state index in [9.17, 15) is 14.0 Å². The van der Waals surface area contributed by atoms with Crippen molar-refractivity contribution in [2.45, 2.75) is 50.6 Å². The molecule has 5 aromatic carbocycles. The number of urea groups is 2. The molecule has 0 bridgehead atoms. The van der Waals surface area contributed by atoms with Gasteiger partial charge in [-0.15, -0.1) is 22.7 Å². The fourth-order valence-corrected chi connectivity index (χ4v) is 9.18. The molecular formula is C48H45BBrCl2F2N7O5S2. The number of anilines is 2. The number of nitrogens with one attached hydrogen (secondary N) is 2. The van der Waals surface area contributed by atoms with Gasteiger partial charge in [0, 0.05) is 57.5 Å². The number of rotatable bonds is 8. The Morgan fingerprint density at radius 2 is 1.22 bits per heavy atom. The summed E-state index contributed by atoms with van der Waals surface area (Å²) in [5.74, 6) is -0.230.